The summed E-state index contributed by atoms with van der Waals surface area (Å²) in [5, 5.41) is 7.34. The summed E-state index contributed by atoms with van der Waals surface area (Å²) in [5.41, 5.74) is 0.492. The van der Waals surface area contributed by atoms with Gasteiger partial charge < -0.3 is 14.8 Å². The summed E-state index contributed by atoms with van der Waals surface area (Å²) in [6, 6.07) is 5.62. The molecule has 1 fully saturated rings. The molecule has 1 aromatic heterocycles. The van der Waals surface area contributed by atoms with Crippen molar-refractivity contribution in [3.8, 4) is 11.5 Å². The molecule has 7 heteroatoms. The van der Waals surface area contributed by atoms with Gasteiger partial charge in [-0.15, -0.1) is 0 Å². The van der Waals surface area contributed by atoms with E-state index in [-0.39, 0.29) is 5.91 Å². The Labute approximate surface area is 155 Å². The van der Waals surface area contributed by atoms with E-state index < -0.39 is 0 Å². The summed E-state index contributed by atoms with van der Waals surface area (Å²) in [6.45, 7) is 2.41. The number of hydrogen-bond donors (Lipinski definition) is 1. The average Bonchev–Trinajstić information content (AvgIpc) is 3.27. The second kappa shape index (κ2) is 7.91. The van der Waals surface area contributed by atoms with Crippen molar-refractivity contribution in [3.05, 3.63) is 34.4 Å². The number of aromatic nitrogens is 2. The highest BCUT2D eigenvalue weighted by atomic mass is 79.9. The SMILES string of the molecule is CCOc1c(Br)cc(C(=O)Nc2ccnn2C2CCCC2)cc1OC. The van der Waals surface area contributed by atoms with Crippen LogP contribution >= 0.6 is 15.9 Å². The molecule has 1 saturated carbocycles. The van der Waals surface area contributed by atoms with E-state index in [0.29, 0.717) is 34.2 Å². The zero-order chi connectivity index (χ0) is 17.8. The molecular weight excluding hydrogens is 386 g/mol. The summed E-state index contributed by atoms with van der Waals surface area (Å²) in [6.07, 6.45) is 6.35. The predicted molar refractivity (Wildman–Crippen MR) is 99.5 cm³/mol. The van der Waals surface area contributed by atoms with Crippen LogP contribution < -0.4 is 14.8 Å². The number of nitrogens with zero attached hydrogens (tertiary/aromatic N) is 2. The van der Waals surface area contributed by atoms with Crippen molar-refractivity contribution in [1.82, 2.24) is 9.78 Å². The molecular formula is C18H22BrN3O3. The minimum Gasteiger partial charge on any atom is -0.493 e. The molecule has 25 heavy (non-hydrogen) atoms. The lowest BCUT2D eigenvalue weighted by atomic mass is 10.2. The molecule has 6 nitrogen and oxygen atoms in total. The molecule has 0 aliphatic heterocycles. The molecule has 0 spiro atoms. The van der Waals surface area contributed by atoms with Crippen molar-refractivity contribution >= 4 is 27.7 Å². The Kier molecular flexibility index (Phi) is 5.63. The fraction of sp³-hybridized carbons (Fsp3) is 0.444. The molecule has 0 bridgehead atoms. The maximum absolute atomic E-state index is 12.7. The van der Waals surface area contributed by atoms with E-state index >= 15 is 0 Å². The van der Waals surface area contributed by atoms with Crippen LogP contribution in [0.1, 0.15) is 49.0 Å². The predicted octanol–water partition coefficient (Wildman–Crippen LogP) is 4.42. The number of methoxy groups -OCH3 is 1. The van der Waals surface area contributed by atoms with Gasteiger partial charge in [-0.3, -0.25) is 4.79 Å². The molecule has 0 atom stereocenters. The third-order valence-electron chi connectivity index (χ3n) is 4.36. The number of hydrogen-bond acceptors (Lipinski definition) is 4. The van der Waals surface area contributed by atoms with Crippen LogP contribution in [-0.2, 0) is 0 Å². The van der Waals surface area contributed by atoms with Crippen molar-refractivity contribution in [2.75, 3.05) is 19.0 Å². The first kappa shape index (κ1) is 17.8. The maximum atomic E-state index is 12.7. The lowest BCUT2D eigenvalue weighted by molar-refractivity contribution is 0.102. The Balaban J connectivity index is 1.82. The van der Waals surface area contributed by atoms with Gasteiger partial charge in [0.05, 0.1) is 30.4 Å². The van der Waals surface area contributed by atoms with Crippen LogP contribution in [-0.4, -0.2) is 29.4 Å². The van der Waals surface area contributed by atoms with Crippen molar-refractivity contribution in [3.63, 3.8) is 0 Å². The number of amides is 1. The maximum Gasteiger partial charge on any atom is 0.256 e. The Hall–Kier alpha value is -2.02. The second-order valence-electron chi connectivity index (χ2n) is 5.98. The highest BCUT2D eigenvalue weighted by Crippen LogP contribution is 2.37. The van der Waals surface area contributed by atoms with Crippen LogP contribution in [0.3, 0.4) is 0 Å². The second-order valence-corrected chi connectivity index (χ2v) is 6.83. The Morgan fingerprint density at radius 1 is 1.40 bits per heavy atom. The van der Waals surface area contributed by atoms with Gasteiger partial charge in [-0.1, -0.05) is 12.8 Å². The number of ether oxygens (including phenoxy) is 2. The lowest BCUT2D eigenvalue weighted by Gasteiger charge is -2.16. The minimum atomic E-state index is -0.207. The fourth-order valence-corrected chi connectivity index (χ4v) is 3.73. The van der Waals surface area contributed by atoms with Gasteiger partial charge in [-0.05, 0) is 47.8 Å². The van der Waals surface area contributed by atoms with E-state index in [2.05, 4.69) is 26.3 Å². The van der Waals surface area contributed by atoms with Crippen LogP contribution in [0.15, 0.2) is 28.9 Å². The van der Waals surface area contributed by atoms with Gasteiger partial charge in [0.1, 0.15) is 5.82 Å². The highest BCUT2D eigenvalue weighted by molar-refractivity contribution is 9.10. The first-order valence-corrected chi connectivity index (χ1v) is 9.28. The molecule has 0 radical (unpaired) electrons. The van der Waals surface area contributed by atoms with Crippen LogP contribution in [0.25, 0.3) is 0 Å². The van der Waals surface area contributed by atoms with E-state index in [1.165, 1.54) is 12.8 Å². The summed E-state index contributed by atoms with van der Waals surface area (Å²) >= 11 is 3.45. The molecule has 0 unspecified atom stereocenters. The molecule has 1 aliphatic rings. The quantitative estimate of drug-likeness (QED) is 0.769. The van der Waals surface area contributed by atoms with Crippen LogP contribution in [0.4, 0.5) is 5.82 Å². The van der Waals surface area contributed by atoms with Gasteiger partial charge >= 0.3 is 0 Å². The monoisotopic (exact) mass is 407 g/mol. The van der Waals surface area contributed by atoms with Gasteiger partial charge in [0, 0.05) is 11.6 Å². The van der Waals surface area contributed by atoms with E-state index in [4.69, 9.17) is 9.47 Å². The number of halogens is 1. The van der Waals surface area contributed by atoms with E-state index in [1.54, 1.807) is 25.4 Å². The number of nitrogens with one attached hydrogen (secondary N) is 1. The molecule has 3 rings (SSSR count). The first-order valence-electron chi connectivity index (χ1n) is 8.49. The number of carbonyl (C=O) groups excluding carboxylic acids is 1. The van der Waals surface area contributed by atoms with Gasteiger partial charge in [0.15, 0.2) is 11.5 Å². The van der Waals surface area contributed by atoms with Gasteiger partial charge in [-0.2, -0.15) is 5.10 Å². The summed E-state index contributed by atoms with van der Waals surface area (Å²) in [7, 11) is 1.56. The molecule has 1 heterocycles. The largest absolute Gasteiger partial charge is 0.493 e. The molecule has 2 aromatic rings. The number of carbonyl (C=O) groups is 1. The van der Waals surface area contributed by atoms with Crippen molar-refractivity contribution in [2.24, 2.45) is 0 Å². The highest BCUT2D eigenvalue weighted by Gasteiger charge is 2.21. The topological polar surface area (TPSA) is 65.4 Å². The van der Waals surface area contributed by atoms with E-state index in [9.17, 15) is 4.79 Å². The minimum absolute atomic E-state index is 0.207. The number of anilines is 1. The lowest BCUT2D eigenvalue weighted by Crippen LogP contribution is -2.18. The summed E-state index contributed by atoms with van der Waals surface area (Å²) < 4.78 is 13.5. The third-order valence-corrected chi connectivity index (χ3v) is 4.95. The van der Waals surface area contributed by atoms with Crippen LogP contribution in [0.5, 0.6) is 11.5 Å². The normalized spacial score (nSPS) is 14.5. The summed E-state index contributed by atoms with van der Waals surface area (Å²) in [5.74, 6) is 1.63. The fourth-order valence-electron chi connectivity index (χ4n) is 3.18. The molecule has 1 amide bonds. The third kappa shape index (κ3) is 3.81. The Bertz CT molecular complexity index is 754. The van der Waals surface area contributed by atoms with Crippen LogP contribution in [0, 0.1) is 0 Å². The van der Waals surface area contributed by atoms with Crippen LogP contribution in [0.2, 0.25) is 0 Å². The van der Waals surface area contributed by atoms with Crippen molar-refractivity contribution in [2.45, 2.75) is 38.6 Å². The van der Waals surface area contributed by atoms with Crippen molar-refractivity contribution in [1.29, 1.82) is 0 Å². The molecule has 134 valence electrons. The zero-order valence-corrected chi connectivity index (χ0v) is 16.0. The molecule has 0 saturated heterocycles. The summed E-state index contributed by atoms with van der Waals surface area (Å²) in [4.78, 5) is 12.7. The zero-order valence-electron chi connectivity index (χ0n) is 14.4. The average molecular weight is 408 g/mol. The van der Waals surface area contributed by atoms with Gasteiger partial charge in [0.25, 0.3) is 5.91 Å². The van der Waals surface area contributed by atoms with Crippen molar-refractivity contribution < 1.29 is 14.3 Å². The van der Waals surface area contributed by atoms with E-state index in [0.717, 1.165) is 18.7 Å². The number of rotatable bonds is 6. The Morgan fingerprint density at radius 2 is 2.16 bits per heavy atom. The standard InChI is InChI=1S/C18H22BrN3O3/c1-3-25-17-14(19)10-12(11-15(17)24-2)18(23)21-16-8-9-20-22(16)13-6-4-5-7-13/h8-11,13H,3-7H2,1-2H3,(H,21,23). The molecule has 1 N–H and O–H groups in total. The van der Waals surface area contributed by atoms with E-state index in [1.807, 2.05) is 17.7 Å². The number of benzene rings is 1. The van der Waals surface area contributed by atoms with Gasteiger partial charge in [-0.25, -0.2) is 4.68 Å². The molecule has 1 aliphatic carbocycles. The first-order chi connectivity index (χ1) is 12.1. The Morgan fingerprint density at radius 3 is 2.84 bits per heavy atom. The molecule has 1 aromatic carbocycles. The van der Waals surface area contributed by atoms with Gasteiger partial charge in [0.2, 0.25) is 0 Å². The smallest absolute Gasteiger partial charge is 0.256 e.